The van der Waals surface area contributed by atoms with E-state index in [2.05, 4.69) is 9.71 Å². The van der Waals surface area contributed by atoms with E-state index >= 15 is 0 Å². The number of rotatable bonds is 5. The molecule has 2 aromatic carbocycles. The predicted molar refractivity (Wildman–Crippen MR) is 138 cm³/mol. The van der Waals surface area contributed by atoms with Crippen molar-refractivity contribution in [2.24, 2.45) is 0 Å². The van der Waals surface area contributed by atoms with E-state index in [0.717, 1.165) is 10.5 Å². The maximum atomic E-state index is 13.4. The number of sulfonamides is 1. The zero-order chi connectivity index (χ0) is 26.6. The van der Waals surface area contributed by atoms with Gasteiger partial charge < -0.3 is 4.98 Å². The van der Waals surface area contributed by atoms with Gasteiger partial charge in [-0.3, -0.25) is 24.0 Å². The summed E-state index contributed by atoms with van der Waals surface area (Å²) in [5, 5.41) is 0.0119. The van der Waals surface area contributed by atoms with Gasteiger partial charge in [0.1, 0.15) is 0 Å². The minimum absolute atomic E-state index is 0.00893. The van der Waals surface area contributed by atoms with Crippen molar-refractivity contribution < 1.29 is 18.0 Å². The molecule has 10 heteroatoms. The van der Waals surface area contributed by atoms with Crippen molar-refractivity contribution in [1.29, 1.82) is 0 Å². The summed E-state index contributed by atoms with van der Waals surface area (Å²) < 4.78 is 28.7. The van der Waals surface area contributed by atoms with E-state index < -0.39 is 27.4 Å². The van der Waals surface area contributed by atoms with Crippen LogP contribution in [0.2, 0.25) is 5.02 Å². The van der Waals surface area contributed by atoms with E-state index in [-0.39, 0.29) is 44.3 Å². The third kappa shape index (κ3) is 4.56. The van der Waals surface area contributed by atoms with Crippen LogP contribution in [0.4, 0.5) is 5.69 Å². The standard InChI is InChI=1S/C26H26ClN3O5S/c1-14-12-15(2)28-23(31)18(14)13-30-24(32)21-19(27)10-11-20(22(21)25(30)33)29-36(34,35)17-8-6-16(7-9-17)26(3,4)5/h6-12,29H,13H2,1-5H3,(H,28,31). The fourth-order valence-corrected chi connectivity index (χ4v) is 5.48. The Kier molecular flexibility index (Phi) is 6.34. The Balaban J connectivity index is 1.70. The first kappa shape index (κ1) is 25.7. The van der Waals surface area contributed by atoms with Crippen molar-refractivity contribution in [2.45, 2.75) is 51.5 Å². The van der Waals surface area contributed by atoms with Crippen LogP contribution in [0.15, 0.2) is 52.2 Å². The van der Waals surface area contributed by atoms with Gasteiger partial charge in [0.25, 0.3) is 27.4 Å². The van der Waals surface area contributed by atoms with Gasteiger partial charge in [0.15, 0.2) is 0 Å². The molecule has 2 amide bonds. The summed E-state index contributed by atoms with van der Waals surface area (Å²) in [4.78, 5) is 42.6. The molecule has 0 saturated carbocycles. The number of H-pyrrole nitrogens is 1. The normalized spacial score (nSPS) is 13.8. The van der Waals surface area contributed by atoms with E-state index in [1.165, 1.54) is 24.3 Å². The number of carbonyl (C=O) groups excluding carboxylic acids is 2. The smallest absolute Gasteiger partial charge is 0.264 e. The lowest BCUT2D eigenvalue weighted by Crippen LogP contribution is -2.32. The van der Waals surface area contributed by atoms with Crippen LogP contribution in [0.25, 0.3) is 0 Å². The molecule has 0 spiro atoms. The molecule has 1 aromatic heterocycles. The number of carbonyl (C=O) groups is 2. The molecule has 0 radical (unpaired) electrons. The number of nitrogens with zero attached hydrogens (tertiary/aromatic N) is 1. The number of aromatic nitrogens is 1. The molecule has 0 atom stereocenters. The maximum Gasteiger partial charge on any atom is 0.264 e. The number of amides is 2. The van der Waals surface area contributed by atoms with Crippen LogP contribution >= 0.6 is 11.6 Å². The summed E-state index contributed by atoms with van der Waals surface area (Å²) in [6.45, 7) is 9.23. The summed E-state index contributed by atoms with van der Waals surface area (Å²) in [5.41, 5.74) is 1.62. The number of fused-ring (bicyclic) bond motifs is 1. The second-order valence-corrected chi connectivity index (χ2v) is 12.0. The van der Waals surface area contributed by atoms with Crippen molar-refractivity contribution in [3.8, 4) is 0 Å². The van der Waals surface area contributed by atoms with Crippen molar-refractivity contribution in [3.05, 3.63) is 91.4 Å². The lowest BCUT2D eigenvalue weighted by molar-refractivity contribution is 0.0642. The minimum atomic E-state index is -4.08. The van der Waals surface area contributed by atoms with Crippen LogP contribution < -0.4 is 10.3 Å². The lowest BCUT2D eigenvalue weighted by atomic mass is 9.87. The van der Waals surface area contributed by atoms with Gasteiger partial charge in [0.05, 0.1) is 33.3 Å². The Bertz CT molecular complexity index is 1570. The molecule has 1 aliphatic heterocycles. The fraction of sp³-hybridized carbons (Fsp3) is 0.269. The number of anilines is 1. The Morgan fingerprint density at radius 2 is 1.56 bits per heavy atom. The van der Waals surface area contributed by atoms with Gasteiger partial charge in [-0.25, -0.2) is 8.42 Å². The average molecular weight is 528 g/mol. The van der Waals surface area contributed by atoms with Crippen molar-refractivity contribution in [3.63, 3.8) is 0 Å². The molecule has 8 nitrogen and oxygen atoms in total. The average Bonchev–Trinajstić information content (AvgIpc) is 3.03. The molecule has 2 heterocycles. The second-order valence-electron chi connectivity index (χ2n) is 9.86. The fourth-order valence-electron chi connectivity index (χ4n) is 4.17. The highest BCUT2D eigenvalue weighted by molar-refractivity contribution is 7.92. The number of nitrogens with one attached hydrogen (secondary N) is 2. The largest absolute Gasteiger partial charge is 0.326 e. The zero-order valence-electron chi connectivity index (χ0n) is 20.5. The highest BCUT2D eigenvalue weighted by atomic mass is 35.5. The summed E-state index contributed by atoms with van der Waals surface area (Å²) in [5.74, 6) is -1.44. The van der Waals surface area contributed by atoms with E-state index in [4.69, 9.17) is 11.6 Å². The van der Waals surface area contributed by atoms with Crippen LogP contribution in [0.1, 0.15) is 63.9 Å². The number of imide groups is 1. The molecule has 0 aliphatic carbocycles. The van der Waals surface area contributed by atoms with E-state index in [1.54, 1.807) is 32.0 Å². The molecule has 0 fully saturated rings. The number of aryl methyl sites for hydroxylation is 2. The predicted octanol–water partition coefficient (Wildman–Crippen LogP) is 4.54. The highest BCUT2D eigenvalue weighted by Crippen LogP contribution is 2.36. The first-order valence-electron chi connectivity index (χ1n) is 11.2. The van der Waals surface area contributed by atoms with Gasteiger partial charge in [0.2, 0.25) is 0 Å². The topological polar surface area (TPSA) is 116 Å². The van der Waals surface area contributed by atoms with Crippen molar-refractivity contribution in [2.75, 3.05) is 4.72 Å². The van der Waals surface area contributed by atoms with Crippen LogP contribution in [0.5, 0.6) is 0 Å². The van der Waals surface area contributed by atoms with E-state index in [9.17, 15) is 22.8 Å². The summed E-state index contributed by atoms with van der Waals surface area (Å²) in [6, 6.07) is 10.9. The summed E-state index contributed by atoms with van der Waals surface area (Å²) in [7, 11) is -4.08. The van der Waals surface area contributed by atoms with Crippen molar-refractivity contribution in [1.82, 2.24) is 9.88 Å². The molecule has 0 bridgehead atoms. The molecule has 0 unspecified atom stereocenters. The van der Waals surface area contributed by atoms with Gasteiger partial charge in [-0.05, 0) is 60.7 Å². The molecule has 36 heavy (non-hydrogen) atoms. The zero-order valence-corrected chi connectivity index (χ0v) is 22.1. The summed E-state index contributed by atoms with van der Waals surface area (Å²) in [6.07, 6.45) is 0. The number of hydrogen-bond acceptors (Lipinski definition) is 5. The van der Waals surface area contributed by atoms with E-state index in [1.807, 2.05) is 20.8 Å². The Labute approximate surface area is 214 Å². The number of benzene rings is 2. The summed E-state index contributed by atoms with van der Waals surface area (Å²) >= 11 is 6.26. The van der Waals surface area contributed by atoms with E-state index in [0.29, 0.717) is 11.3 Å². The quantitative estimate of drug-likeness (QED) is 0.472. The first-order chi connectivity index (χ1) is 16.7. The van der Waals surface area contributed by atoms with Gasteiger partial charge in [-0.2, -0.15) is 0 Å². The Morgan fingerprint density at radius 3 is 2.14 bits per heavy atom. The minimum Gasteiger partial charge on any atom is -0.326 e. The molecule has 3 aromatic rings. The molecule has 0 saturated heterocycles. The lowest BCUT2D eigenvalue weighted by Gasteiger charge is -2.19. The van der Waals surface area contributed by atoms with Gasteiger partial charge in [-0.1, -0.05) is 44.5 Å². The highest BCUT2D eigenvalue weighted by Gasteiger charge is 2.40. The first-order valence-corrected chi connectivity index (χ1v) is 13.1. The van der Waals surface area contributed by atoms with Gasteiger partial charge in [0, 0.05) is 11.3 Å². The van der Waals surface area contributed by atoms with Crippen LogP contribution in [-0.2, 0) is 22.0 Å². The van der Waals surface area contributed by atoms with Gasteiger partial charge in [-0.15, -0.1) is 0 Å². The SMILES string of the molecule is Cc1cc(C)c(CN2C(=O)c3c(Cl)ccc(NS(=O)(=O)c4ccc(C(C)(C)C)cc4)c3C2=O)c(=O)[nH]1. The maximum absolute atomic E-state index is 13.4. The van der Waals surface area contributed by atoms with Crippen LogP contribution in [0.3, 0.4) is 0 Å². The molecule has 1 aliphatic rings. The Morgan fingerprint density at radius 1 is 0.944 bits per heavy atom. The third-order valence-electron chi connectivity index (χ3n) is 6.16. The monoisotopic (exact) mass is 527 g/mol. The number of halogens is 1. The second kappa shape index (κ2) is 8.90. The molecule has 4 rings (SSSR count). The molecule has 188 valence electrons. The van der Waals surface area contributed by atoms with Crippen molar-refractivity contribution >= 4 is 39.1 Å². The van der Waals surface area contributed by atoms with Crippen LogP contribution in [-0.4, -0.2) is 30.1 Å². The third-order valence-corrected chi connectivity index (χ3v) is 7.85. The Hall–Kier alpha value is -3.43. The number of pyridine rings is 1. The number of aromatic amines is 1. The number of hydrogen-bond donors (Lipinski definition) is 2. The van der Waals surface area contributed by atoms with Gasteiger partial charge >= 0.3 is 0 Å². The molecular formula is C26H26ClN3O5S. The molecule has 2 N–H and O–H groups in total. The molecular weight excluding hydrogens is 502 g/mol. The van der Waals surface area contributed by atoms with Crippen LogP contribution in [0, 0.1) is 13.8 Å².